The summed E-state index contributed by atoms with van der Waals surface area (Å²) in [5, 5.41) is 3.01. The number of hydrogen-bond acceptors (Lipinski definition) is 2. The molecule has 1 rings (SSSR count). The molecular formula is C31H55NO2. The quantitative estimate of drug-likeness (QED) is 0.160. The zero-order chi connectivity index (χ0) is 24.7. The van der Waals surface area contributed by atoms with Gasteiger partial charge in [0.2, 0.25) is 5.91 Å². The summed E-state index contributed by atoms with van der Waals surface area (Å²) >= 11 is 0. The summed E-state index contributed by atoms with van der Waals surface area (Å²) in [4.78, 5) is 12.3. The fourth-order valence-electron chi connectivity index (χ4n) is 4.50. The molecule has 0 fully saturated rings. The Hall–Kier alpha value is -1.51. The third kappa shape index (κ3) is 17.9. The Morgan fingerprint density at radius 2 is 1.09 bits per heavy atom. The fourth-order valence-corrected chi connectivity index (χ4v) is 4.50. The van der Waals surface area contributed by atoms with Gasteiger partial charge in [0.1, 0.15) is 5.75 Å². The standard InChI is InChI=1S/C31H55NO2/c1-4-5-6-7-8-9-10-11-12-13-14-15-16-17-18-19-20-21-22-27-31(33)32-29-25-23-24-26-30(29)34-28(2)3/h23-26,28H,4-22,27H2,1-3H3,(H,32,33). The summed E-state index contributed by atoms with van der Waals surface area (Å²) in [6, 6.07) is 7.68. The van der Waals surface area contributed by atoms with Gasteiger partial charge in [-0.15, -0.1) is 0 Å². The van der Waals surface area contributed by atoms with Gasteiger partial charge in [-0.25, -0.2) is 0 Å². The summed E-state index contributed by atoms with van der Waals surface area (Å²) in [5.74, 6) is 0.839. The van der Waals surface area contributed by atoms with E-state index in [0.29, 0.717) is 6.42 Å². The second-order valence-electron chi connectivity index (χ2n) is 10.3. The lowest BCUT2D eigenvalue weighted by molar-refractivity contribution is -0.116. The van der Waals surface area contributed by atoms with E-state index >= 15 is 0 Å². The van der Waals surface area contributed by atoms with Crippen LogP contribution in [0.25, 0.3) is 0 Å². The topological polar surface area (TPSA) is 38.3 Å². The monoisotopic (exact) mass is 473 g/mol. The maximum Gasteiger partial charge on any atom is 0.224 e. The molecule has 0 heterocycles. The van der Waals surface area contributed by atoms with Crippen molar-refractivity contribution in [3.8, 4) is 5.75 Å². The molecule has 0 aromatic heterocycles. The first-order valence-electron chi connectivity index (χ1n) is 14.7. The molecule has 3 heteroatoms. The molecule has 0 aliphatic heterocycles. The van der Waals surface area contributed by atoms with Crippen molar-refractivity contribution in [1.29, 1.82) is 0 Å². The zero-order valence-corrected chi connectivity index (χ0v) is 22.8. The molecule has 1 amide bonds. The number of rotatable bonds is 23. The number of carbonyl (C=O) groups is 1. The second kappa shape index (κ2) is 22.0. The molecule has 0 spiro atoms. The Morgan fingerprint density at radius 1 is 0.676 bits per heavy atom. The average Bonchev–Trinajstić information content (AvgIpc) is 2.81. The van der Waals surface area contributed by atoms with Crippen LogP contribution in [-0.2, 0) is 4.79 Å². The lowest BCUT2D eigenvalue weighted by Gasteiger charge is -2.14. The molecule has 0 bridgehead atoms. The smallest absolute Gasteiger partial charge is 0.224 e. The van der Waals surface area contributed by atoms with Crippen molar-refractivity contribution >= 4 is 11.6 Å². The largest absolute Gasteiger partial charge is 0.489 e. The molecular weight excluding hydrogens is 418 g/mol. The highest BCUT2D eigenvalue weighted by atomic mass is 16.5. The van der Waals surface area contributed by atoms with E-state index in [1.807, 2.05) is 38.1 Å². The van der Waals surface area contributed by atoms with Crippen molar-refractivity contribution in [2.24, 2.45) is 0 Å². The number of carbonyl (C=O) groups excluding carboxylic acids is 1. The first kappa shape index (κ1) is 30.5. The molecule has 3 nitrogen and oxygen atoms in total. The molecule has 0 aliphatic carbocycles. The summed E-state index contributed by atoms with van der Waals surface area (Å²) in [5.41, 5.74) is 0.777. The van der Waals surface area contributed by atoms with Crippen molar-refractivity contribution < 1.29 is 9.53 Å². The molecule has 0 aliphatic rings. The third-order valence-electron chi connectivity index (χ3n) is 6.53. The zero-order valence-electron chi connectivity index (χ0n) is 22.8. The molecule has 196 valence electrons. The van der Waals surface area contributed by atoms with Gasteiger partial charge in [-0.2, -0.15) is 0 Å². The lowest BCUT2D eigenvalue weighted by Crippen LogP contribution is -2.14. The van der Waals surface area contributed by atoms with Gasteiger partial charge in [-0.3, -0.25) is 4.79 Å². The number of anilines is 1. The highest BCUT2D eigenvalue weighted by Gasteiger charge is 2.08. The molecule has 0 saturated carbocycles. The van der Waals surface area contributed by atoms with Crippen LogP contribution in [0.5, 0.6) is 5.75 Å². The van der Waals surface area contributed by atoms with Crippen LogP contribution in [0.2, 0.25) is 0 Å². The van der Waals surface area contributed by atoms with Crippen LogP contribution in [0.3, 0.4) is 0 Å². The average molecular weight is 474 g/mol. The molecule has 1 N–H and O–H groups in total. The molecule has 0 unspecified atom stereocenters. The second-order valence-corrected chi connectivity index (χ2v) is 10.3. The molecule has 0 atom stereocenters. The van der Waals surface area contributed by atoms with E-state index in [4.69, 9.17) is 4.74 Å². The summed E-state index contributed by atoms with van der Waals surface area (Å²) in [6.07, 6.45) is 26.7. The molecule has 0 saturated heterocycles. The number of unbranched alkanes of at least 4 members (excludes halogenated alkanes) is 18. The van der Waals surface area contributed by atoms with Gasteiger partial charge in [0.05, 0.1) is 11.8 Å². The van der Waals surface area contributed by atoms with E-state index in [1.165, 1.54) is 109 Å². The number of benzene rings is 1. The van der Waals surface area contributed by atoms with Crippen LogP contribution < -0.4 is 10.1 Å². The maximum atomic E-state index is 12.3. The Kier molecular flexibility index (Phi) is 19.7. The predicted octanol–water partition coefficient (Wildman–Crippen LogP) is 10.2. The van der Waals surface area contributed by atoms with Gasteiger partial charge < -0.3 is 10.1 Å². The molecule has 1 aromatic carbocycles. The minimum Gasteiger partial charge on any atom is -0.489 e. The maximum absolute atomic E-state index is 12.3. The van der Waals surface area contributed by atoms with Crippen molar-refractivity contribution in [1.82, 2.24) is 0 Å². The van der Waals surface area contributed by atoms with Crippen LogP contribution in [0.1, 0.15) is 149 Å². The first-order valence-corrected chi connectivity index (χ1v) is 14.7. The lowest BCUT2D eigenvalue weighted by atomic mass is 10.0. The minimum absolute atomic E-state index is 0.0896. The number of ether oxygens (including phenoxy) is 1. The van der Waals surface area contributed by atoms with Gasteiger partial charge in [-0.05, 0) is 32.4 Å². The Morgan fingerprint density at radius 3 is 1.53 bits per heavy atom. The number of para-hydroxylation sites is 2. The Bertz CT molecular complexity index is 599. The number of hydrogen-bond donors (Lipinski definition) is 1. The van der Waals surface area contributed by atoms with E-state index in [0.717, 1.165) is 24.3 Å². The van der Waals surface area contributed by atoms with Crippen molar-refractivity contribution in [2.45, 2.75) is 155 Å². The number of nitrogens with one attached hydrogen (secondary N) is 1. The third-order valence-corrected chi connectivity index (χ3v) is 6.53. The Balaban J connectivity index is 1.86. The molecule has 0 radical (unpaired) electrons. The highest BCUT2D eigenvalue weighted by Crippen LogP contribution is 2.25. The van der Waals surface area contributed by atoms with Gasteiger partial charge in [0.25, 0.3) is 0 Å². The van der Waals surface area contributed by atoms with Gasteiger partial charge in [-0.1, -0.05) is 135 Å². The van der Waals surface area contributed by atoms with Crippen LogP contribution in [0.4, 0.5) is 5.69 Å². The molecule has 1 aromatic rings. The number of amides is 1. The van der Waals surface area contributed by atoms with E-state index in [1.54, 1.807) is 0 Å². The summed E-state index contributed by atoms with van der Waals surface area (Å²) < 4.78 is 5.78. The van der Waals surface area contributed by atoms with E-state index < -0.39 is 0 Å². The van der Waals surface area contributed by atoms with E-state index in [-0.39, 0.29) is 12.0 Å². The Labute approximate surface area is 211 Å². The van der Waals surface area contributed by atoms with Crippen molar-refractivity contribution in [3.63, 3.8) is 0 Å². The van der Waals surface area contributed by atoms with Crippen molar-refractivity contribution in [3.05, 3.63) is 24.3 Å². The van der Waals surface area contributed by atoms with Crippen LogP contribution >= 0.6 is 0 Å². The summed E-state index contributed by atoms with van der Waals surface area (Å²) in [6.45, 7) is 6.28. The normalized spacial score (nSPS) is 11.2. The van der Waals surface area contributed by atoms with Crippen LogP contribution in [-0.4, -0.2) is 12.0 Å². The van der Waals surface area contributed by atoms with Crippen molar-refractivity contribution in [2.75, 3.05) is 5.32 Å². The first-order chi connectivity index (χ1) is 16.6. The van der Waals surface area contributed by atoms with Crippen LogP contribution in [0.15, 0.2) is 24.3 Å². The molecule has 34 heavy (non-hydrogen) atoms. The van der Waals surface area contributed by atoms with Gasteiger partial charge in [0, 0.05) is 6.42 Å². The minimum atomic E-state index is 0.0896. The predicted molar refractivity (Wildman–Crippen MR) is 149 cm³/mol. The summed E-state index contributed by atoms with van der Waals surface area (Å²) in [7, 11) is 0. The SMILES string of the molecule is CCCCCCCCCCCCCCCCCCCCCC(=O)Nc1ccccc1OC(C)C. The van der Waals surface area contributed by atoms with Gasteiger partial charge in [0.15, 0.2) is 0 Å². The van der Waals surface area contributed by atoms with Gasteiger partial charge >= 0.3 is 0 Å². The fraction of sp³-hybridized carbons (Fsp3) is 0.774. The van der Waals surface area contributed by atoms with Crippen LogP contribution in [0, 0.1) is 0 Å². The van der Waals surface area contributed by atoms with E-state index in [9.17, 15) is 4.79 Å². The highest BCUT2D eigenvalue weighted by molar-refractivity contribution is 5.92. The van der Waals surface area contributed by atoms with E-state index in [2.05, 4.69) is 12.2 Å².